The molecule has 12 nitrogen and oxygen atoms in total. The van der Waals surface area contributed by atoms with E-state index in [0.29, 0.717) is 0 Å². The summed E-state index contributed by atoms with van der Waals surface area (Å²) in [4.78, 5) is 1.74. The average molecular weight is 549 g/mol. The Hall–Kier alpha value is -2.76. The van der Waals surface area contributed by atoms with Gasteiger partial charge in [0.05, 0.1) is 20.4 Å². The Morgan fingerprint density at radius 1 is 0.765 bits per heavy atom. The molecule has 0 saturated heterocycles. The largest absolute Gasteiger partial charge is 0.399 e. The summed E-state index contributed by atoms with van der Waals surface area (Å²) in [5, 5.41) is 9.13. The van der Waals surface area contributed by atoms with Crippen LogP contribution in [0.3, 0.4) is 0 Å². The van der Waals surface area contributed by atoms with Gasteiger partial charge in [-0.15, -0.1) is 10.2 Å². The molecule has 0 radical (unpaired) electrons. The molecule has 0 spiro atoms. The van der Waals surface area contributed by atoms with Crippen LogP contribution >= 0.6 is 22.7 Å². The predicted octanol–water partition coefficient (Wildman–Crippen LogP) is 1.48. The fraction of sp³-hybridized carbons (Fsp3) is 0.222. The number of hydrogen-bond acceptors (Lipinski definition) is 10. The quantitative estimate of drug-likeness (QED) is 0.0958. The first-order valence-corrected chi connectivity index (χ1v) is 13.5. The Bertz CT molecular complexity index is 1440. The third-order valence-corrected chi connectivity index (χ3v) is 6.33. The summed E-state index contributed by atoms with van der Waals surface area (Å²) >= 11 is 3.21. The number of thiazole rings is 2. The van der Waals surface area contributed by atoms with Gasteiger partial charge in [-0.25, -0.2) is 16.8 Å². The van der Waals surface area contributed by atoms with Gasteiger partial charge in [0.15, 0.2) is 0 Å². The molecule has 0 aliphatic carbocycles. The second-order valence-corrected chi connectivity index (χ2v) is 9.36. The molecule has 0 bridgehead atoms. The zero-order valence-corrected chi connectivity index (χ0v) is 21.5. The molecule has 186 valence electrons. The molecular weight excluding hydrogens is 525 g/mol. The van der Waals surface area contributed by atoms with E-state index < -0.39 is 22.0 Å². The summed E-state index contributed by atoms with van der Waals surface area (Å²) in [5.41, 5.74) is 15.6. The molecule has 6 N–H and O–H groups in total. The summed E-state index contributed by atoms with van der Waals surface area (Å²) in [7, 11) is -6.24. The Morgan fingerprint density at radius 3 is 1.38 bits per heavy atom. The van der Waals surface area contributed by atoms with E-state index in [1.165, 1.54) is 0 Å². The van der Waals surface area contributed by atoms with Crippen LogP contribution in [0.2, 0.25) is 0 Å². The summed E-state index contributed by atoms with van der Waals surface area (Å²) < 4.78 is 54.9. The first-order valence-electron chi connectivity index (χ1n) is 9.59. The number of rotatable bonds is 3. The number of nitrogen functional groups attached to an aromatic ring is 2. The van der Waals surface area contributed by atoms with Crippen molar-refractivity contribution in [2.45, 2.75) is 26.9 Å². The minimum atomic E-state index is -3.12. The van der Waals surface area contributed by atoms with Crippen LogP contribution in [0.15, 0.2) is 46.6 Å². The lowest BCUT2D eigenvalue weighted by molar-refractivity contribution is 0.507. The first-order chi connectivity index (χ1) is 16.1. The first kappa shape index (κ1) is 27.5. The zero-order valence-electron chi connectivity index (χ0n) is 18.1. The van der Waals surface area contributed by atoms with Crippen molar-refractivity contribution in [3.63, 3.8) is 0 Å². The second-order valence-electron chi connectivity index (χ2n) is 6.39. The predicted molar refractivity (Wildman–Crippen MR) is 137 cm³/mol. The molecular formula is C18H24N6O6S4. The van der Waals surface area contributed by atoms with Gasteiger partial charge in [-0.3, -0.25) is 9.11 Å². The van der Waals surface area contributed by atoms with Crippen molar-refractivity contribution in [2.24, 2.45) is 10.2 Å². The maximum absolute atomic E-state index is 8.59. The van der Waals surface area contributed by atoms with Gasteiger partial charge in [0.1, 0.15) is 0 Å². The van der Waals surface area contributed by atoms with Crippen LogP contribution < -0.4 is 21.1 Å². The Morgan fingerprint density at radius 2 is 1.09 bits per heavy atom. The molecule has 0 amide bonds. The highest BCUT2D eigenvalue weighted by molar-refractivity contribution is 7.66. The molecule has 0 aliphatic heterocycles. The maximum atomic E-state index is 8.59. The van der Waals surface area contributed by atoms with E-state index in [9.17, 15) is 0 Å². The number of hydrogen-bond donors (Lipinski definition) is 6. The van der Waals surface area contributed by atoms with Crippen molar-refractivity contribution >= 4 is 76.5 Å². The van der Waals surface area contributed by atoms with Crippen molar-refractivity contribution in [1.29, 1.82) is 0 Å². The molecule has 4 rings (SSSR count). The Labute approximate surface area is 205 Å². The minimum Gasteiger partial charge on any atom is -0.399 e. The number of nitrogens with two attached hydrogens (primary N) is 2. The van der Waals surface area contributed by atoms with Crippen molar-refractivity contribution in [3.8, 4) is 0 Å². The number of aryl methyl sites for hydroxylation is 2. The van der Waals surface area contributed by atoms with Crippen LogP contribution in [0, 0.1) is 0 Å². The van der Waals surface area contributed by atoms with Gasteiger partial charge in [-0.2, -0.15) is 0 Å². The molecule has 34 heavy (non-hydrogen) atoms. The molecule has 0 unspecified atom stereocenters. The third kappa shape index (κ3) is 7.37. The molecule has 2 aromatic heterocycles. The van der Waals surface area contributed by atoms with Crippen LogP contribution in [0.1, 0.15) is 13.8 Å². The van der Waals surface area contributed by atoms with Crippen molar-refractivity contribution in [3.05, 3.63) is 46.0 Å². The second kappa shape index (κ2) is 12.6. The van der Waals surface area contributed by atoms with Gasteiger partial charge in [0.25, 0.3) is 22.0 Å². The van der Waals surface area contributed by atoms with Crippen LogP contribution in [-0.4, -0.2) is 35.1 Å². The highest BCUT2D eigenvalue weighted by Gasteiger charge is 2.07. The van der Waals surface area contributed by atoms with E-state index in [1.807, 2.05) is 36.4 Å². The SMILES string of the molecule is CCn1c(=NN=c2sc3cc(N)ccc3n2CC)sc2cc(N)ccc21.O=[SH](=O)O.O=[SH](=O)O. The van der Waals surface area contributed by atoms with Crippen LogP contribution in [0.25, 0.3) is 20.4 Å². The molecule has 0 saturated carbocycles. The highest BCUT2D eigenvalue weighted by Crippen LogP contribution is 2.21. The minimum absolute atomic E-state index is 0.761. The van der Waals surface area contributed by atoms with Gasteiger partial charge >= 0.3 is 0 Å². The van der Waals surface area contributed by atoms with Crippen molar-refractivity contribution < 1.29 is 25.9 Å². The van der Waals surface area contributed by atoms with Crippen molar-refractivity contribution in [1.82, 2.24) is 9.13 Å². The zero-order chi connectivity index (χ0) is 25.4. The molecule has 0 atom stereocenters. The Balaban J connectivity index is 0.000000446. The monoisotopic (exact) mass is 548 g/mol. The van der Waals surface area contributed by atoms with Crippen molar-refractivity contribution in [2.75, 3.05) is 11.5 Å². The lowest BCUT2D eigenvalue weighted by Gasteiger charge is -2.00. The third-order valence-electron chi connectivity index (χ3n) is 4.27. The molecule has 16 heteroatoms. The Kier molecular flexibility index (Phi) is 10.2. The number of nitrogens with zero attached hydrogens (tertiary/aromatic N) is 4. The number of aromatic nitrogens is 2. The van der Waals surface area contributed by atoms with Gasteiger partial charge in [0.2, 0.25) is 9.60 Å². The number of benzene rings is 2. The standard InChI is InChI=1S/C18H20N6S2.2H2O3S/c1-3-23-13-7-5-11(19)9-15(13)25-17(23)21-22-18-24(4-2)14-8-6-12(20)10-16(14)26-18;2*1-4(2)3/h5-10H,3-4,19-20H2,1-2H3;2*4H,(H,1,2,3). The fourth-order valence-electron chi connectivity index (χ4n) is 3.03. The summed E-state index contributed by atoms with van der Waals surface area (Å²) in [6.07, 6.45) is 0. The molecule has 2 heterocycles. The van der Waals surface area contributed by atoms with E-state index in [1.54, 1.807) is 22.7 Å². The highest BCUT2D eigenvalue weighted by atomic mass is 32.2. The number of thiol groups is 2. The van der Waals surface area contributed by atoms with Gasteiger partial charge in [-0.05, 0) is 50.2 Å². The van der Waals surface area contributed by atoms with E-state index >= 15 is 0 Å². The molecule has 4 aromatic rings. The van der Waals surface area contributed by atoms with Crippen LogP contribution in [0.5, 0.6) is 0 Å². The fourth-order valence-corrected chi connectivity index (χ4v) is 5.22. The van der Waals surface area contributed by atoms with Gasteiger partial charge in [-0.1, -0.05) is 22.7 Å². The van der Waals surface area contributed by atoms with Gasteiger partial charge in [0, 0.05) is 24.5 Å². The average Bonchev–Trinajstić information content (AvgIpc) is 3.27. The van der Waals surface area contributed by atoms with Gasteiger partial charge < -0.3 is 20.6 Å². The normalized spacial score (nSPS) is 12.2. The van der Waals surface area contributed by atoms with E-state index in [-0.39, 0.29) is 0 Å². The topological polar surface area (TPSA) is 195 Å². The van der Waals surface area contributed by atoms with E-state index in [4.69, 9.17) is 37.4 Å². The number of anilines is 2. The number of fused-ring (bicyclic) bond motifs is 2. The van der Waals surface area contributed by atoms with Crippen LogP contribution in [-0.2, 0) is 35.1 Å². The van der Waals surface area contributed by atoms with E-state index in [2.05, 4.69) is 33.2 Å². The van der Waals surface area contributed by atoms with Crippen LogP contribution in [0.4, 0.5) is 11.4 Å². The summed E-state index contributed by atoms with van der Waals surface area (Å²) in [5.74, 6) is 0. The summed E-state index contributed by atoms with van der Waals surface area (Å²) in [6.45, 7) is 5.87. The smallest absolute Gasteiger partial charge is 0.254 e. The molecule has 0 fully saturated rings. The summed E-state index contributed by atoms with van der Waals surface area (Å²) in [6, 6.07) is 11.9. The molecule has 0 aliphatic rings. The lowest BCUT2D eigenvalue weighted by atomic mass is 10.3. The molecule has 2 aromatic carbocycles. The van der Waals surface area contributed by atoms with E-state index in [0.717, 1.165) is 54.5 Å². The maximum Gasteiger partial charge on any atom is 0.254 e. The lowest BCUT2D eigenvalue weighted by Crippen LogP contribution is -2.16.